The van der Waals surface area contributed by atoms with E-state index >= 15 is 0 Å². The molecule has 2 aromatic rings. The maximum absolute atomic E-state index is 12.3. The van der Waals surface area contributed by atoms with Crippen molar-refractivity contribution in [3.05, 3.63) is 35.6 Å². The topological polar surface area (TPSA) is 66.4 Å². The van der Waals surface area contributed by atoms with E-state index in [0.29, 0.717) is 18.8 Å². The molecule has 2 heterocycles. The van der Waals surface area contributed by atoms with Crippen LogP contribution in [0, 0.1) is 0 Å². The number of amides is 2. The quantitative estimate of drug-likeness (QED) is 0.770. The third-order valence-corrected chi connectivity index (χ3v) is 4.65. The molecule has 0 atom stereocenters. The average molecular weight is 346 g/mol. The second kappa shape index (κ2) is 8.54. The van der Waals surface area contributed by atoms with E-state index in [1.165, 1.54) is 16.2 Å². The molecule has 0 saturated heterocycles. The number of pyridine rings is 1. The second-order valence-corrected chi connectivity index (χ2v) is 6.24. The lowest BCUT2D eigenvalue weighted by atomic mass is 10.3. The maximum atomic E-state index is 12.3. The van der Waals surface area contributed by atoms with E-state index in [9.17, 15) is 9.59 Å². The van der Waals surface area contributed by atoms with Crippen LogP contribution < -0.4 is 0 Å². The number of carbonyl (C=O) groups excluding carboxylic acids is 2. The summed E-state index contributed by atoms with van der Waals surface area (Å²) in [5, 5.41) is 2.72. The Morgan fingerprint density at radius 2 is 1.96 bits per heavy atom. The van der Waals surface area contributed by atoms with Crippen LogP contribution in [0.2, 0.25) is 0 Å². The number of rotatable bonds is 7. The Morgan fingerprint density at radius 3 is 2.58 bits per heavy atom. The molecule has 0 bridgehead atoms. The summed E-state index contributed by atoms with van der Waals surface area (Å²) in [5.74, 6) is -0.149. The molecule has 128 valence electrons. The molecular weight excluding hydrogens is 324 g/mol. The molecule has 0 unspecified atom stereocenters. The molecule has 0 aliphatic carbocycles. The van der Waals surface area contributed by atoms with Crippen molar-refractivity contribution in [2.24, 2.45) is 0 Å². The number of hydrogen-bond donors (Lipinski definition) is 0. The highest BCUT2D eigenvalue weighted by Gasteiger charge is 2.18. The third-order valence-electron chi connectivity index (χ3n) is 3.71. The van der Waals surface area contributed by atoms with Gasteiger partial charge in [-0.1, -0.05) is 0 Å². The molecule has 2 amide bonds. The molecular formula is C17H22N4O2S. The van der Waals surface area contributed by atoms with E-state index in [0.717, 1.165) is 10.6 Å². The van der Waals surface area contributed by atoms with Gasteiger partial charge in [-0.15, -0.1) is 11.3 Å². The zero-order valence-corrected chi connectivity index (χ0v) is 15.0. The van der Waals surface area contributed by atoms with Gasteiger partial charge in [-0.3, -0.25) is 14.6 Å². The SMILES string of the molecule is CCN(CC)C(=O)CN(C)C(=O)Cc1csc(-c2cccnc2)n1. The monoisotopic (exact) mass is 346 g/mol. The molecule has 0 saturated carbocycles. The summed E-state index contributed by atoms with van der Waals surface area (Å²) < 4.78 is 0. The summed E-state index contributed by atoms with van der Waals surface area (Å²) in [6, 6.07) is 3.79. The van der Waals surface area contributed by atoms with Crippen LogP contribution in [0.1, 0.15) is 19.5 Å². The van der Waals surface area contributed by atoms with Crippen molar-refractivity contribution < 1.29 is 9.59 Å². The zero-order chi connectivity index (χ0) is 17.5. The van der Waals surface area contributed by atoms with Gasteiger partial charge in [-0.05, 0) is 26.0 Å². The molecule has 7 heteroatoms. The lowest BCUT2D eigenvalue weighted by molar-refractivity contribution is -0.138. The molecule has 0 aliphatic rings. The Labute approximate surface area is 146 Å². The highest BCUT2D eigenvalue weighted by atomic mass is 32.1. The molecule has 0 spiro atoms. The van der Waals surface area contributed by atoms with Crippen molar-refractivity contribution in [2.45, 2.75) is 20.3 Å². The predicted molar refractivity (Wildman–Crippen MR) is 94.6 cm³/mol. The molecule has 0 N–H and O–H groups in total. The van der Waals surface area contributed by atoms with E-state index in [4.69, 9.17) is 0 Å². The van der Waals surface area contributed by atoms with Crippen molar-refractivity contribution in [2.75, 3.05) is 26.7 Å². The Morgan fingerprint density at radius 1 is 1.21 bits per heavy atom. The Bertz CT molecular complexity index is 683. The van der Waals surface area contributed by atoms with Crippen molar-refractivity contribution in [1.29, 1.82) is 0 Å². The maximum Gasteiger partial charge on any atom is 0.242 e. The molecule has 6 nitrogen and oxygen atoms in total. The van der Waals surface area contributed by atoms with Crippen LogP contribution in [0.3, 0.4) is 0 Å². The zero-order valence-electron chi connectivity index (χ0n) is 14.2. The van der Waals surface area contributed by atoms with Gasteiger partial charge in [-0.2, -0.15) is 0 Å². The summed E-state index contributed by atoms with van der Waals surface area (Å²) >= 11 is 1.49. The predicted octanol–water partition coefficient (Wildman–Crippen LogP) is 2.07. The van der Waals surface area contributed by atoms with Gasteiger partial charge in [0.1, 0.15) is 5.01 Å². The van der Waals surface area contributed by atoms with Crippen molar-refractivity contribution in [3.63, 3.8) is 0 Å². The Balaban J connectivity index is 1.95. The largest absolute Gasteiger partial charge is 0.342 e. The van der Waals surface area contributed by atoms with Gasteiger partial charge >= 0.3 is 0 Å². The first-order valence-corrected chi connectivity index (χ1v) is 8.79. The van der Waals surface area contributed by atoms with E-state index < -0.39 is 0 Å². The smallest absolute Gasteiger partial charge is 0.242 e. The fourth-order valence-corrected chi connectivity index (χ4v) is 3.08. The molecule has 0 radical (unpaired) electrons. The normalized spacial score (nSPS) is 10.5. The highest BCUT2D eigenvalue weighted by molar-refractivity contribution is 7.13. The number of carbonyl (C=O) groups is 2. The van der Waals surface area contributed by atoms with Gasteiger partial charge in [0.05, 0.1) is 18.7 Å². The van der Waals surface area contributed by atoms with Crippen LogP contribution in [-0.2, 0) is 16.0 Å². The van der Waals surface area contributed by atoms with Crippen LogP contribution in [0.15, 0.2) is 29.9 Å². The first-order chi connectivity index (χ1) is 11.5. The second-order valence-electron chi connectivity index (χ2n) is 5.38. The minimum absolute atomic E-state index is 0.0369. The minimum atomic E-state index is -0.112. The molecule has 2 aromatic heterocycles. The fourth-order valence-electron chi connectivity index (χ4n) is 2.27. The fraction of sp³-hybridized carbons (Fsp3) is 0.412. The number of hydrogen-bond acceptors (Lipinski definition) is 5. The molecule has 0 fully saturated rings. The van der Waals surface area contributed by atoms with E-state index in [2.05, 4.69) is 9.97 Å². The summed E-state index contributed by atoms with van der Waals surface area (Å²) in [6.07, 6.45) is 3.65. The van der Waals surface area contributed by atoms with E-state index in [1.54, 1.807) is 24.3 Å². The van der Waals surface area contributed by atoms with E-state index in [-0.39, 0.29) is 24.8 Å². The van der Waals surface area contributed by atoms with Crippen LogP contribution >= 0.6 is 11.3 Å². The summed E-state index contributed by atoms with van der Waals surface area (Å²) in [4.78, 5) is 36.1. The number of nitrogens with zero attached hydrogens (tertiary/aromatic N) is 4. The summed E-state index contributed by atoms with van der Waals surface area (Å²) in [5.41, 5.74) is 1.65. The van der Waals surface area contributed by atoms with Gasteiger partial charge in [0.15, 0.2) is 0 Å². The first kappa shape index (κ1) is 18.1. The van der Waals surface area contributed by atoms with Crippen LogP contribution in [0.4, 0.5) is 0 Å². The average Bonchev–Trinajstić information content (AvgIpc) is 3.05. The van der Waals surface area contributed by atoms with Crippen LogP contribution in [0.25, 0.3) is 10.6 Å². The van der Waals surface area contributed by atoms with Crippen LogP contribution in [0.5, 0.6) is 0 Å². The van der Waals surface area contributed by atoms with Crippen LogP contribution in [-0.4, -0.2) is 58.3 Å². The van der Waals surface area contributed by atoms with Crippen molar-refractivity contribution >= 4 is 23.2 Å². The number of aromatic nitrogens is 2. The lowest BCUT2D eigenvalue weighted by Gasteiger charge is -2.23. The Hall–Kier alpha value is -2.28. The summed E-state index contributed by atoms with van der Waals surface area (Å²) in [6.45, 7) is 5.26. The number of thiazole rings is 1. The molecule has 0 aromatic carbocycles. The number of likely N-dealkylation sites (N-methyl/N-ethyl adjacent to an activating group) is 2. The van der Waals surface area contributed by atoms with Gasteiger partial charge in [-0.25, -0.2) is 4.98 Å². The van der Waals surface area contributed by atoms with Gasteiger partial charge in [0.25, 0.3) is 0 Å². The van der Waals surface area contributed by atoms with Gasteiger partial charge < -0.3 is 9.80 Å². The third kappa shape index (κ3) is 4.61. The Kier molecular flexibility index (Phi) is 6.43. The lowest BCUT2D eigenvalue weighted by Crippen LogP contribution is -2.41. The van der Waals surface area contributed by atoms with Gasteiger partial charge in [0, 0.05) is 43.5 Å². The summed E-state index contributed by atoms with van der Waals surface area (Å²) in [7, 11) is 1.65. The van der Waals surface area contributed by atoms with E-state index in [1.807, 2.05) is 31.4 Å². The molecule has 24 heavy (non-hydrogen) atoms. The minimum Gasteiger partial charge on any atom is -0.342 e. The first-order valence-electron chi connectivity index (χ1n) is 7.91. The van der Waals surface area contributed by atoms with Gasteiger partial charge in [0.2, 0.25) is 11.8 Å². The van der Waals surface area contributed by atoms with Crippen molar-refractivity contribution in [1.82, 2.24) is 19.8 Å². The molecule has 2 rings (SSSR count). The highest BCUT2D eigenvalue weighted by Crippen LogP contribution is 2.22. The standard InChI is InChI=1S/C17H22N4O2S/c1-4-21(5-2)16(23)11-20(3)15(22)9-14-12-24-17(19-14)13-7-6-8-18-10-13/h6-8,10,12H,4-5,9,11H2,1-3H3. The molecule has 0 aliphatic heterocycles. The van der Waals surface area contributed by atoms with Crippen molar-refractivity contribution in [3.8, 4) is 10.6 Å².